The SMILES string of the molecule is CCCCCCC(CCCC)COc1ccsc1Br. The Morgan fingerprint density at radius 3 is 2.47 bits per heavy atom. The molecule has 110 valence electrons. The van der Waals surface area contributed by atoms with E-state index < -0.39 is 0 Å². The zero-order valence-corrected chi connectivity index (χ0v) is 14.7. The molecule has 1 rings (SSSR count). The van der Waals surface area contributed by atoms with Gasteiger partial charge in [0.05, 0.1) is 6.61 Å². The summed E-state index contributed by atoms with van der Waals surface area (Å²) in [4.78, 5) is 0. The molecule has 1 unspecified atom stereocenters. The van der Waals surface area contributed by atoms with E-state index in [-0.39, 0.29) is 0 Å². The number of halogens is 1. The van der Waals surface area contributed by atoms with E-state index in [2.05, 4.69) is 41.2 Å². The van der Waals surface area contributed by atoms with Gasteiger partial charge in [-0.1, -0.05) is 52.4 Å². The van der Waals surface area contributed by atoms with Crippen molar-refractivity contribution >= 4 is 27.3 Å². The van der Waals surface area contributed by atoms with Crippen molar-refractivity contribution in [2.75, 3.05) is 6.61 Å². The number of hydrogen-bond donors (Lipinski definition) is 0. The molecule has 3 heteroatoms. The first kappa shape index (κ1) is 17.0. The minimum absolute atomic E-state index is 0.726. The molecule has 0 aromatic carbocycles. The summed E-state index contributed by atoms with van der Waals surface area (Å²) < 4.78 is 7.07. The van der Waals surface area contributed by atoms with E-state index >= 15 is 0 Å². The van der Waals surface area contributed by atoms with Gasteiger partial charge in [0, 0.05) is 0 Å². The molecule has 0 bridgehead atoms. The Hall–Kier alpha value is -0.0200. The third kappa shape index (κ3) is 7.36. The molecule has 0 amide bonds. The molecule has 0 aliphatic rings. The van der Waals surface area contributed by atoms with Crippen LogP contribution in [0.1, 0.15) is 65.2 Å². The molecule has 0 fully saturated rings. The number of thiophene rings is 1. The summed E-state index contributed by atoms with van der Waals surface area (Å²) in [7, 11) is 0. The fourth-order valence-electron chi connectivity index (χ4n) is 2.26. The van der Waals surface area contributed by atoms with E-state index in [1.807, 2.05) is 0 Å². The monoisotopic (exact) mass is 346 g/mol. The third-order valence-electron chi connectivity index (χ3n) is 3.49. The highest BCUT2D eigenvalue weighted by Crippen LogP contribution is 2.31. The van der Waals surface area contributed by atoms with Crippen molar-refractivity contribution in [2.45, 2.75) is 65.2 Å². The highest BCUT2D eigenvalue weighted by Gasteiger charge is 2.11. The standard InChI is InChI=1S/C16H27BrOS/c1-3-5-7-8-10-14(9-6-4-2)13-18-15-11-12-19-16(15)17/h11-12,14H,3-10,13H2,1-2H3. The van der Waals surface area contributed by atoms with Crippen molar-refractivity contribution in [3.63, 3.8) is 0 Å². The zero-order chi connectivity index (χ0) is 13.9. The first-order valence-corrected chi connectivity index (χ1v) is 9.31. The van der Waals surface area contributed by atoms with Crippen molar-refractivity contribution in [3.05, 3.63) is 15.2 Å². The van der Waals surface area contributed by atoms with Crippen molar-refractivity contribution in [1.82, 2.24) is 0 Å². The van der Waals surface area contributed by atoms with E-state index in [4.69, 9.17) is 4.74 Å². The molecule has 1 heterocycles. The van der Waals surface area contributed by atoms with Gasteiger partial charge in [-0.3, -0.25) is 0 Å². The molecule has 1 aromatic rings. The molecule has 1 aromatic heterocycles. The van der Waals surface area contributed by atoms with Crippen LogP contribution in [0.2, 0.25) is 0 Å². The van der Waals surface area contributed by atoms with Gasteiger partial charge in [0.25, 0.3) is 0 Å². The Bertz CT molecular complexity index is 324. The van der Waals surface area contributed by atoms with Gasteiger partial charge in [-0.2, -0.15) is 0 Å². The van der Waals surface area contributed by atoms with Crippen molar-refractivity contribution in [3.8, 4) is 5.75 Å². The van der Waals surface area contributed by atoms with Gasteiger partial charge < -0.3 is 4.74 Å². The van der Waals surface area contributed by atoms with E-state index in [1.54, 1.807) is 11.3 Å². The van der Waals surface area contributed by atoms with Gasteiger partial charge >= 0.3 is 0 Å². The van der Waals surface area contributed by atoms with E-state index in [9.17, 15) is 0 Å². The summed E-state index contributed by atoms with van der Waals surface area (Å²) in [6.45, 7) is 5.41. The second-order valence-corrected chi connectivity index (χ2v) is 7.46. The van der Waals surface area contributed by atoms with Gasteiger partial charge in [0.2, 0.25) is 0 Å². The summed E-state index contributed by atoms with van der Waals surface area (Å²) >= 11 is 5.23. The van der Waals surface area contributed by atoms with E-state index in [1.165, 1.54) is 51.4 Å². The second kappa shape index (κ2) is 10.7. The molecule has 0 saturated carbocycles. The van der Waals surface area contributed by atoms with E-state index in [0.717, 1.165) is 22.1 Å². The molecule has 0 aliphatic heterocycles. The zero-order valence-electron chi connectivity index (χ0n) is 12.3. The topological polar surface area (TPSA) is 9.23 Å². The minimum atomic E-state index is 0.726. The Morgan fingerprint density at radius 1 is 1.11 bits per heavy atom. The molecule has 1 atom stereocenters. The van der Waals surface area contributed by atoms with Crippen molar-refractivity contribution in [2.24, 2.45) is 5.92 Å². The predicted molar refractivity (Wildman–Crippen MR) is 89.3 cm³/mol. The normalized spacial score (nSPS) is 12.6. The maximum atomic E-state index is 5.96. The maximum Gasteiger partial charge on any atom is 0.144 e. The van der Waals surface area contributed by atoms with Crippen LogP contribution >= 0.6 is 27.3 Å². The number of unbranched alkanes of at least 4 members (excludes halogenated alkanes) is 4. The van der Waals surface area contributed by atoms with Crippen LogP contribution in [0.25, 0.3) is 0 Å². The molecule has 0 saturated heterocycles. The second-order valence-electron chi connectivity index (χ2n) is 5.23. The highest BCUT2D eigenvalue weighted by molar-refractivity contribution is 9.11. The molecular weight excluding hydrogens is 320 g/mol. The lowest BCUT2D eigenvalue weighted by Crippen LogP contribution is -2.12. The average molecular weight is 347 g/mol. The van der Waals surface area contributed by atoms with Gasteiger partial charge in [0.15, 0.2) is 0 Å². The third-order valence-corrected chi connectivity index (χ3v) is 5.12. The first-order chi connectivity index (χ1) is 9.27. The lowest BCUT2D eigenvalue weighted by atomic mass is 9.96. The molecule has 0 spiro atoms. The van der Waals surface area contributed by atoms with E-state index in [0.29, 0.717) is 0 Å². The van der Waals surface area contributed by atoms with Gasteiger partial charge in [-0.15, -0.1) is 11.3 Å². The number of ether oxygens (including phenoxy) is 1. The summed E-state index contributed by atoms with van der Waals surface area (Å²) in [6.07, 6.45) is 10.7. The summed E-state index contributed by atoms with van der Waals surface area (Å²) in [5, 5.41) is 2.07. The maximum absolute atomic E-state index is 5.96. The lowest BCUT2D eigenvalue weighted by molar-refractivity contribution is 0.225. The quantitative estimate of drug-likeness (QED) is 0.406. The Kier molecular flexibility index (Phi) is 9.62. The summed E-state index contributed by atoms with van der Waals surface area (Å²) in [5.74, 6) is 1.74. The van der Waals surface area contributed by atoms with Crippen LogP contribution in [-0.2, 0) is 0 Å². The minimum Gasteiger partial charge on any atom is -0.491 e. The highest BCUT2D eigenvalue weighted by atomic mass is 79.9. The number of rotatable bonds is 11. The smallest absolute Gasteiger partial charge is 0.144 e. The van der Waals surface area contributed by atoms with Crippen LogP contribution in [0, 0.1) is 5.92 Å². The van der Waals surface area contributed by atoms with Gasteiger partial charge in [-0.05, 0) is 46.1 Å². The molecule has 19 heavy (non-hydrogen) atoms. The molecular formula is C16H27BrOS. The largest absolute Gasteiger partial charge is 0.491 e. The molecule has 0 N–H and O–H groups in total. The van der Waals surface area contributed by atoms with Crippen LogP contribution < -0.4 is 4.74 Å². The van der Waals surface area contributed by atoms with Gasteiger partial charge in [0.1, 0.15) is 9.54 Å². The average Bonchev–Trinajstić information content (AvgIpc) is 2.82. The van der Waals surface area contributed by atoms with Crippen LogP contribution in [0.15, 0.2) is 15.2 Å². The van der Waals surface area contributed by atoms with Crippen LogP contribution in [0.4, 0.5) is 0 Å². The molecule has 0 aliphatic carbocycles. The van der Waals surface area contributed by atoms with Crippen molar-refractivity contribution in [1.29, 1.82) is 0 Å². The predicted octanol–water partition coefficient (Wildman–Crippen LogP) is 6.67. The van der Waals surface area contributed by atoms with Crippen LogP contribution in [-0.4, -0.2) is 6.61 Å². The fraction of sp³-hybridized carbons (Fsp3) is 0.750. The Labute approximate surface area is 130 Å². The molecule has 0 radical (unpaired) electrons. The molecule has 1 nitrogen and oxygen atoms in total. The Morgan fingerprint density at radius 2 is 1.84 bits per heavy atom. The number of hydrogen-bond acceptors (Lipinski definition) is 2. The summed E-state index contributed by atoms with van der Waals surface area (Å²) in [6, 6.07) is 2.06. The van der Waals surface area contributed by atoms with Crippen molar-refractivity contribution < 1.29 is 4.74 Å². The first-order valence-electron chi connectivity index (χ1n) is 7.63. The summed E-state index contributed by atoms with van der Waals surface area (Å²) in [5.41, 5.74) is 0. The fourth-order valence-corrected chi connectivity index (χ4v) is 3.38. The Balaban J connectivity index is 2.29. The van der Waals surface area contributed by atoms with Gasteiger partial charge in [-0.25, -0.2) is 0 Å². The van der Waals surface area contributed by atoms with Crippen LogP contribution in [0.5, 0.6) is 5.75 Å². The van der Waals surface area contributed by atoms with Crippen LogP contribution in [0.3, 0.4) is 0 Å². The lowest BCUT2D eigenvalue weighted by Gasteiger charge is -2.17.